The molecule has 18 heavy (non-hydrogen) atoms. The van der Waals surface area contributed by atoms with Crippen LogP contribution < -0.4 is 0 Å². The van der Waals surface area contributed by atoms with E-state index in [4.69, 9.17) is 9.47 Å². The summed E-state index contributed by atoms with van der Waals surface area (Å²) in [5, 5.41) is 10.1. The van der Waals surface area contributed by atoms with Crippen molar-refractivity contribution in [1.82, 2.24) is 0 Å². The molecule has 0 heterocycles. The molecule has 0 saturated heterocycles. The predicted molar refractivity (Wildman–Crippen MR) is 72.8 cm³/mol. The summed E-state index contributed by atoms with van der Waals surface area (Å²) in [6.07, 6.45) is 0.460. The van der Waals surface area contributed by atoms with Crippen LogP contribution in [-0.4, -0.2) is 31.5 Å². The smallest absolute Gasteiger partial charge is 0.103 e. The molecule has 0 fully saturated rings. The van der Waals surface area contributed by atoms with Gasteiger partial charge in [-0.2, -0.15) is 0 Å². The maximum absolute atomic E-state index is 10.1. The first-order valence-electron chi connectivity index (χ1n) is 6.55. The van der Waals surface area contributed by atoms with E-state index in [0.717, 1.165) is 29.7 Å². The van der Waals surface area contributed by atoms with Crippen LogP contribution in [0.25, 0.3) is 0 Å². The van der Waals surface area contributed by atoms with Gasteiger partial charge in [-0.25, -0.2) is 0 Å². The van der Waals surface area contributed by atoms with Gasteiger partial charge in [0.25, 0.3) is 0 Å². The SMILES string of the molecule is CCCOCCOCC(O)c1cc(C)ccc1C. The number of rotatable bonds is 8. The quantitative estimate of drug-likeness (QED) is 0.723. The number of benzene rings is 1. The number of hydrogen-bond donors (Lipinski definition) is 1. The Kier molecular flexibility index (Phi) is 6.94. The second kappa shape index (κ2) is 8.25. The third-order valence-electron chi connectivity index (χ3n) is 2.79. The zero-order valence-corrected chi connectivity index (χ0v) is 11.6. The lowest BCUT2D eigenvalue weighted by molar-refractivity contribution is 0.00307. The van der Waals surface area contributed by atoms with Crippen LogP contribution in [-0.2, 0) is 9.47 Å². The van der Waals surface area contributed by atoms with E-state index in [1.807, 2.05) is 32.0 Å². The first-order chi connectivity index (χ1) is 8.65. The van der Waals surface area contributed by atoms with Gasteiger partial charge in [0.1, 0.15) is 6.10 Å². The maximum atomic E-state index is 10.1. The topological polar surface area (TPSA) is 38.7 Å². The van der Waals surface area contributed by atoms with Crippen molar-refractivity contribution in [3.8, 4) is 0 Å². The Labute approximate surface area is 110 Å². The third-order valence-corrected chi connectivity index (χ3v) is 2.79. The lowest BCUT2D eigenvalue weighted by atomic mass is 10.0. The second-order valence-electron chi connectivity index (χ2n) is 4.56. The second-order valence-corrected chi connectivity index (χ2v) is 4.56. The lowest BCUT2D eigenvalue weighted by Gasteiger charge is -2.15. The molecule has 1 rings (SSSR count). The van der Waals surface area contributed by atoms with E-state index in [1.54, 1.807) is 0 Å². The summed E-state index contributed by atoms with van der Waals surface area (Å²) in [7, 11) is 0. The average molecular weight is 252 g/mol. The minimum atomic E-state index is -0.559. The Morgan fingerprint density at radius 3 is 2.56 bits per heavy atom. The lowest BCUT2D eigenvalue weighted by Crippen LogP contribution is -2.12. The Hall–Kier alpha value is -0.900. The average Bonchev–Trinajstić information content (AvgIpc) is 2.36. The van der Waals surface area contributed by atoms with Gasteiger partial charge < -0.3 is 14.6 Å². The van der Waals surface area contributed by atoms with Gasteiger partial charge in [-0.05, 0) is 31.4 Å². The first kappa shape index (κ1) is 15.2. The van der Waals surface area contributed by atoms with Gasteiger partial charge in [0.05, 0.1) is 19.8 Å². The monoisotopic (exact) mass is 252 g/mol. The molecule has 3 heteroatoms. The molecule has 0 saturated carbocycles. The Bertz CT molecular complexity index is 350. The van der Waals surface area contributed by atoms with E-state index < -0.39 is 6.10 Å². The molecule has 1 aromatic rings. The third kappa shape index (κ3) is 5.17. The molecule has 1 N–H and O–H groups in total. The summed E-state index contributed by atoms with van der Waals surface area (Å²) < 4.78 is 10.7. The van der Waals surface area contributed by atoms with Crippen molar-refractivity contribution in [2.45, 2.75) is 33.3 Å². The predicted octanol–water partition coefficient (Wildman–Crippen LogP) is 2.78. The van der Waals surface area contributed by atoms with Gasteiger partial charge >= 0.3 is 0 Å². The minimum absolute atomic E-state index is 0.319. The van der Waals surface area contributed by atoms with Crippen molar-refractivity contribution in [3.05, 3.63) is 34.9 Å². The van der Waals surface area contributed by atoms with Crippen LogP contribution in [0.15, 0.2) is 18.2 Å². The number of ether oxygens (including phenoxy) is 2. The molecule has 3 nitrogen and oxygen atoms in total. The van der Waals surface area contributed by atoms with E-state index in [2.05, 4.69) is 6.92 Å². The summed E-state index contributed by atoms with van der Waals surface area (Å²) in [6, 6.07) is 6.08. The van der Waals surface area contributed by atoms with E-state index in [1.165, 1.54) is 0 Å². The zero-order valence-electron chi connectivity index (χ0n) is 11.6. The molecular formula is C15H24O3. The van der Waals surface area contributed by atoms with Gasteiger partial charge in [-0.1, -0.05) is 30.7 Å². The van der Waals surface area contributed by atoms with E-state index in [-0.39, 0.29) is 0 Å². The van der Waals surface area contributed by atoms with Gasteiger partial charge in [0.2, 0.25) is 0 Å². The highest BCUT2D eigenvalue weighted by Crippen LogP contribution is 2.19. The van der Waals surface area contributed by atoms with Gasteiger partial charge in [0.15, 0.2) is 0 Å². The molecule has 0 aromatic heterocycles. The Morgan fingerprint density at radius 2 is 1.83 bits per heavy atom. The summed E-state index contributed by atoms with van der Waals surface area (Å²) in [4.78, 5) is 0. The van der Waals surface area contributed by atoms with Crippen molar-refractivity contribution < 1.29 is 14.6 Å². The van der Waals surface area contributed by atoms with E-state index in [9.17, 15) is 5.11 Å². The minimum Gasteiger partial charge on any atom is -0.386 e. The van der Waals surface area contributed by atoms with Crippen molar-refractivity contribution in [2.75, 3.05) is 26.4 Å². The molecule has 0 aliphatic carbocycles. The number of hydrogen-bond acceptors (Lipinski definition) is 3. The molecular weight excluding hydrogens is 228 g/mol. The highest BCUT2D eigenvalue weighted by atomic mass is 16.5. The van der Waals surface area contributed by atoms with Crippen LogP contribution in [0.4, 0.5) is 0 Å². The van der Waals surface area contributed by atoms with Crippen molar-refractivity contribution >= 4 is 0 Å². The molecule has 0 amide bonds. The van der Waals surface area contributed by atoms with Gasteiger partial charge in [-0.15, -0.1) is 0 Å². The van der Waals surface area contributed by atoms with Gasteiger partial charge in [0, 0.05) is 6.61 Å². The highest BCUT2D eigenvalue weighted by Gasteiger charge is 2.10. The Morgan fingerprint density at radius 1 is 1.11 bits per heavy atom. The maximum Gasteiger partial charge on any atom is 0.103 e. The Balaban J connectivity index is 2.31. The zero-order chi connectivity index (χ0) is 13.4. The van der Waals surface area contributed by atoms with Crippen LogP contribution in [0, 0.1) is 13.8 Å². The van der Waals surface area contributed by atoms with Crippen molar-refractivity contribution in [1.29, 1.82) is 0 Å². The van der Waals surface area contributed by atoms with Crippen LogP contribution >= 0.6 is 0 Å². The first-order valence-corrected chi connectivity index (χ1v) is 6.55. The van der Waals surface area contributed by atoms with E-state index >= 15 is 0 Å². The molecule has 1 unspecified atom stereocenters. The molecule has 1 atom stereocenters. The number of aliphatic hydroxyl groups is 1. The van der Waals surface area contributed by atoms with Crippen LogP contribution in [0.5, 0.6) is 0 Å². The largest absolute Gasteiger partial charge is 0.386 e. The van der Waals surface area contributed by atoms with Crippen LogP contribution in [0.2, 0.25) is 0 Å². The number of aryl methyl sites for hydroxylation is 2. The summed E-state index contributed by atoms with van der Waals surface area (Å²) in [5.74, 6) is 0. The fourth-order valence-corrected chi connectivity index (χ4v) is 1.77. The summed E-state index contributed by atoms with van der Waals surface area (Å²) in [6.45, 7) is 8.31. The molecule has 0 aliphatic rings. The fraction of sp³-hybridized carbons (Fsp3) is 0.600. The highest BCUT2D eigenvalue weighted by molar-refractivity contribution is 5.32. The van der Waals surface area contributed by atoms with Crippen molar-refractivity contribution in [2.24, 2.45) is 0 Å². The van der Waals surface area contributed by atoms with Gasteiger partial charge in [-0.3, -0.25) is 0 Å². The normalized spacial score (nSPS) is 12.7. The molecule has 102 valence electrons. The molecule has 0 spiro atoms. The molecule has 0 bridgehead atoms. The molecule has 1 aromatic carbocycles. The van der Waals surface area contributed by atoms with Crippen LogP contribution in [0.3, 0.4) is 0 Å². The summed E-state index contributed by atoms with van der Waals surface area (Å²) in [5.41, 5.74) is 3.20. The summed E-state index contributed by atoms with van der Waals surface area (Å²) >= 11 is 0. The molecule has 0 aliphatic heterocycles. The standard InChI is InChI=1S/C15H24O3/c1-4-7-17-8-9-18-11-15(16)14-10-12(2)5-6-13(14)3/h5-6,10,15-16H,4,7-9,11H2,1-3H3. The van der Waals surface area contributed by atoms with Crippen LogP contribution in [0.1, 0.15) is 36.1 Å². The van der Waals surface area contributed by atoms with E-state index in [0.29, 0.717) is 19.8 Å². The molecule has 0 radical (unpaired) electrons. The number of aliphatic hydroxyl groups excluding tert-OH is 1. The fourth-order valence-electron chi connectivity index (χ4n) is 1.77. The van der Waals surface area contributed by atoms with Crippen molar-refractivity contribution in [3.63, 3.8) is 0 Å².